The van der Waals surface area contributed by atoms with E-state index in [-0.39, 0.29) is 30.1 Å². The molecule has 26 heavy (non-hydrogen) atoms. The molecule has 2 aliphatic rings. The van der Waals surface area contributed by atoms with Crippen LogP contribution in [0.25, 0.3) is 0 Å². The van der Waals surface area contributed by atoms with Crippen LogP contribution >= 0.6 is 24.0 Å². The van der Waals surface area contributed by atoms with Crippen molar-refractivity contribution in [2.45, 2.75) is 19.6 Å². The SMILES string of the molecule is CCNC(=NCC1CN(C)CCO1)N1CCN(Cc2ccon2)CC1.I. The van der Waals surface area contributed by atoms with Crippen molar-refractivity contribution in [1.29, 1.82) is 0 Å². The number of ether oxygens (including phenoxy) is 1. The number of piperazine rings is 1. The van der Waals surface area contributed by atoms with E-state index in [0.29, 0.717) is 6.54 Å². The number of nitrogens with zero attached hydrogens (tertiary/aromatic N) is 5. The van der Waals surface area contributed by atoms with Crippen molar-refractivity contribution in [1.82, 2.24) is 25.2 Å². The molecule has 1 atom stereocenters. The van der Waals surface area contributed by atoms with Gasteiger partial charge < -0.3 is 24.4 Å². The molecule has 0 saturated carbocycles. The van der Waals surface area contributed by atoms with Gasteiger partial charge in [-0.2, -0.15) is 0 Å². The molecular weight excluding hydrogens is 447 g/mol. The van der Waals surface area contributed by atoms with Gasteiger partial charge in [-0.05, 0) is 14.0 Å². The summed E-state index contributed by atoms with van der Waals surface area (Å²) in [7, 11) is 2.14. The highest BCUT2D eigenvalue weighted by molar-refractivity contribution is 14.0. The minimum Gasteiger partial charge on any atom is -0.374 e. The van der Waals surface area contributed by atoms with E-state index in [1.807, 2.05) is 6.07 Å². The quantitative estimate of drug-likeness (QED) is 0.380. The second kappa shape index (κ2) is 11.1. The lowest BCUT2D eigenvalue weighted by Gasteiger charge is -2.36. The van der Waals surface area contributed by atoms with E-state index in [1.54, 1.807) is 6.26 Å². The first kappa shape index (κ1) is 21.4. The monoisotopic (exact) mass is 478 g/mol. The zero-order valence-electron chi connectivity index (χ0n) is 15.8. The Labute approximate surface area is 172 Å². The summed E-state index contributed by atoms with van der Waals surface area (Å²) >= 11 is 0. The summed E-state index contributed by atoms with van der Waals surface area (Å²) in [5, 5.41) is 7.42. The number of nitrogens with one attached hydrogen (secondary N) is 1. The molecule has 0 spiro atoms. The first-order valence-electron chi connectivity index (χ1n) is 9.19. The number of aliphatic imine (C=N–C) groups is 1. The Bertz CT molecular complexity index is 533. The molecule has 0 bridgehead atoms. The lowest BCUT2D eigenvalue weighted by molar-refractivity contribution is -0.0137. The van der Waals surface area contributed by atoms with Crippen LogP contribution in [0.1, 0.15) is 12.6 Å². The fraction of sp³-hybridized carbons (Fsp3) is 0.765. The Kier molecular flexibility index (Phi) is 9.09. The van der Waals surface area contributed by atoms with Crippen LogP contribution in [0, 0.1) is 0 Å². The van der Waals surface area contributed by atoms with Crippen molar-refractivity contribution in [3.8, 4) is 0 Å². The molecule has 0 aromatic carbocycles. The number of likely N-dealkylation sites (N-methyl/N-ethyl adjacent to an activating group) is 1. The predicted octanol–water partition coefficient (Wildman–Crippen LogP) is 0.706. The topological polar surface area (TPSA) is 69.4 Å². The van der Waals surface area contributed by atoms with Crippen molar-refractivity contribution in [3.05, 3.63) is 18.0 Å². The highest BCUT2D eigenvalue weighted by atomic mass is 127. The van der Waals surface area contributed by atoms with Gasteiger partial charge in [-0.3, -0.25) is 9.89 Å². The fourth-order valence-electron chi connectivity index (χ4n) is 3.26. The number of aromatic nitrogens is 1. The normalized spacial score (nSPS) is 22.9. The molecule has 2 aliphatic heterocycles. The number of rotatable bonds is 5. The minimum atomic E-state index is 0. The summed E-state index contributed by atoms with van der Waals surface area (Å²) in [6, 6.07) is 1.93. The molecule has 0 amide bonds. The summed E-state index contributed by atoms with van der Waals surface area (Å²) in [5.41, 5.74) is 0.993. The van der Waals surface area contributed by atoms with E-state index in [1.165, 1.54) is 0 Å². The smallest absolute Gasteiger partial charge is 0.194 e. The van der Waals surface area contributed by atoms with Gasteiger partial charge in [0.1, 0.15) is 6.26 Å². The van der Waals surface area contributed by atoms with Crippen LogP contribution in [0.3, 0.4) is 0 Å². The second-order valence-electron chi connectivity index (χ2n) is 6.70. The highest BCUT2D eigenvalue weighted by Crippen LogP contribution is 2.08. The number of hydrogen-bond acceptors (Lipinski definition) is 6. The summed E-state index contributed by atoms with van der Waals surface area (Å²) in [5.74, 6) is 1.00. The highest BCUT2D eigenvalue weighted by Gasteiger charge is 2.22. The van der Waals surface area contributed by atoms with Gasteiger partial charge >= 0.3 is 0 Å². The summed E-state index contributed by atoms with van der Waals surface area (Å²) in [4.78, 5) is 11.9. The van der Waals surface area contributed by atoms with E-state index in [2.05, 4.69) is 39.1 Å². The van der Waals surface area contributed by atoms with Crippen LogP contribution < -0.4 is 5.32 Å². The molecule has 8 nitrogen and oxygen atoms in total. The van der Waals surface area contributed by atoms with Crippen molar-refractivity contribution < 1.29 is 9.26 Å². The standard InChI is InChI=1S/C17H30N6O2.HI/c1-3-18-17(19-12-16-14-21(2)9-11-24-16)23-7-5-22(6-8-23)13-15-4-10-25-20-15;/h4,10,16H,3,5-9,11-14H2,1-2H3,(H,18,19);1H. The molecule has 3 rings (SSSR count). The molecule has 0 aliphatic carbocycles. The molecule has 1 unspecified atom stereocenters. The van der Waals surface area contributed by atoms with Crippen LogP contribution in [0.2, 0.25) is 0 Å². The van der Waals surface area contributed by atoms with E-state index in [9.17, 15) is 0 Å². The molecule has 9 heteroatoms. The van der Waals surface area contributed by atoms with E-state index in [4.69, 9.17) is 14.3 Å². The molecule has 2 fully saturated rings. The van der Waals surface area contributed by atoms with E-state index >= 15 is 0 Å². The molecule has 1 aromatic rings. The van der Waals surface area contributed by atoms with Gasteiger partial charge in [0.25, 0.3) is 0 Å². The maximum atomic E-state index is 5.82. The summed E-state index contributed by atoms with van der Waals surface area (Å²) in [6.45, 7) is 11.2. The molecule has 0 radical (unpaired) electrons. The van der Waals surface area contributed by atoms with Gasteiger partial charge in [0.2, 0.25) is 0 Å². The summed E-state index contributed by atoms with van der Waals surface area (Å²) in [6.07, 6.45) is 1.83. The van der Waals surface area contributed by atoms with Gasteiger partial charge in [-0.25, -0.2) is 0 Å². The van der Waals surface area contributed by atoms with Gasteiger partial charge in [0, 0.05) is 58.4 Å². The second-order valence-corrected chi connectivity index (χ2v) is 6.70. The number of guanidine groups is 1. The first-order valence-corrected chi connectivity index (χ1v) is 9.19. The molecule has 1 aromatic heterocycles. The maximum Gasteiger partial charge on any atom is 0.194 e. The molecule has 3 heterocycles. The summed E-state index contributed by atoms with van der Waals surface area (Å²) < 4.78 is 10.7. The maximum absolute atomic E-state index is 5.82. The predicted molar refractivity (Wildman–Crippen MR) is 112 cm³/mol. The lowest BCUT2D eigenvalue weighted by Crippen LogP contribution is -2.52. The zero-order chi connectivity index (χ0) is 17.5. The third kappa shape index (κ3) is 6.36. The van der Waals surface area contributed by atoms with Crippen LogP contribution in [0.5, 0.6) is 0 Å². The Hall–Kier alpha value is -0.910. The van der Waals surface area contributed by atoms with Gasteiger partial charge in [-0.1, -0.05) is 5.16 Å². The van der Waals surface area contributed by atoms with Gasteiger partial charge in [0.05, 0.1) is 24.9 Å². The third-order valence-corrected chi connectivity index (χ3v) is 4.67. The van der Waals surface area contributed by atoms with Crippen LogP contribution in [-0.4, -0.2) is 97.9 Å². The largest absolute Gasteiger partial charge is 0.374 e. The third-order valence-electron chi connectivity index (χ3n) is 4.67. The fourth-order valence-corrected chi connectivity index (χ4v) is 3.26. The number of halogens is 1. The van der Waals surface area contributed by atoms with Gasteiger partial charge in [-0.15, -0.1) is 24.0 Å². The Morgan fingerprint density at radius 1 is 1.31 bits per heavy atom. The van der Waals surface area contributed by atoms with Crippen molar-refractivity contribution in [3.63, 3.8) is 0 Å². The van der Waals surface area contributed by atoms with Crippen LogP contribution in [0.15, 0.2) is 21.8 Å². The molecule has 1 N–H and O–H groups in total. The zero-order valence-corrected chi connectivity index (χ0v) is 18.1. The number of morpholine rings is 1. The molecule has 148 valence electrons. The first-order chi connectivity index (χ1) is 12.2. The van der Waals surface area contributed by atoms with E-state index < -0.39 is 0 Å². The van der Waals surface area contributed by atoms with Gasteiger partial charge in [0.15, 0.2) is 5.96 Å². The van der Waals surface area contributed by atoms with Crippen molar-refractivity contribution >= 4 is 29.9 Å². The lowest BCUT2D eigenvalue weighted by atomic mass is 10.3. The average molecular weight is 478 g/mol. The van der Waals surface area contributed by atoms with E-state index in [0.717, 1.165) is 70.6 Å². The Balaban J connectivity index is 0.00000243. The van der Waals surface area contributed by atoms with Crippen molar-refractivity contribution in [2.24, 2.45) is 4.99 Å². The number of hydrogen-bond donors (Lipinski definition) is 1. The molecule has 2 saturated heterocycles. The Morgan fingerprint density at radius 3 is 2.77 bits per heavy atom. The minimum absolute atomic E-state index is 0. The molecular formula is C17H31IN6O2. The average Bonchev–Trinajstić information content (AvgIpc) is 3.12. The van der Waals surface area contributed by atoms with Crippen LogP contribution in [-0.2, 0) is 11.3 Å². The van der Waals surface area contributed by atoms with Crippen molar-refractivity contribution in [2.75, 3.05) is 66.0 Å². The van der Waals surface area contributed by atoms with Crippen LogP contribution in [0.4, 0.5) is 0 Å². The Morgan fingerprint density at radius 2 is 2.12 bits per heavy atom.